The van der Waals surface area contributed by atoms with Gasteiger partial charge in [-0.2, -0.15) is 0 Å². The number of amides is 1. The molecule has 0 bridgehead atoms. The lowest BCUT2D eigenvalue weighted by molar-refractivity contribution is 0.101. The summed E-state index contributed by atoms with van der Waals surface area (Å²) in [6.45, 7) is 6.20. The molecule has 0 unspecified atom stereocenters. The highest BCUT2D eigenvalue weighted by Gasteiger charge is 2.14. The predicted molar refractivity (Wildman–Crippen MR) is 95.2 cm³/mol. The molecule has 0 atom stereocenters. The SMILES string of the molecule is CCc1ccc(NC(=O)c2cc(-c3ccc(C)c(C)c3)on2)cc1. The van der Waals surface area contributed by atoms with Crippen LogP contribution < -0.4 is 5.32 Å². The molecule has 0 saturated heterocycles. The average molecular weight is 320 g/mol. The number of benzene rings is 2. The van der Waals surface area contributed by atoms with E-state index in [9.17, 15) is 4.79 Å². The first-order valence-corrected chi connectivity index (χ1v) is 8.01. The molecule has 3 rings (SSSR count). The predicted octanol–water partition coefficient (Wildman–Crippen LogP) is 4.77. The smallest absolute Gasteiger partial charge is 0.277 e. The lowest BCUT2D eigenvalue weighted by atomic mass is 10.0. The van der Waals surface area contributed by atoms with Crippen LogP contribution in [0, 0.1) is 13.8 Å². The number of hydrogen-bond acceptors (Lipinski definition) is 3. The van der Waals surface area contributed by atoms with Crippen molar-refractivity contribution in [2.24, 2.45) is 0 Å². The first-order chi connectivity index (χ1) is 11.6. The molecule has 24 heavy (non-hydrogen) atoms. The quantitative estimate of drug-likeness (QED) is 0.753. The third-order valence-corrected chi connectivity index (χ3v) is 4.15. The fraction of sp³-hybridized carbons (Fsp3) is 0.200. The van der Waals surface area contributed by atoms with Crippen LogP contribution in [0.25, 0.3) is 11.3 Å². The lowest BCUT2D eigenvalue weighted by Gasteiger charge is -2.03. The van der Waals surface area contributed by atoms with Crippen LogP contribution in [-0.2, 0) is 6.42 Å². The molecule has 0 saturated carbocycles. The highest BCUT2D eigenvalue weighted by molar-refractivity contribution is 6.03. The minimum atomic E-state index is -0.280. The number of nitrogens with one attached hydrogen (secondary N) is 1. The van der Waals surface area contributed by atoms with Gasteiger partial charge in [0, 0.05) is 17.3 Å². The van der Waals surface area contributed by atoms with Crippen molar-refractivity contribution in [3.05, 3.63) is 70.9 Å². The van der Waals surface area contributed by atoms with Gasteiger partial charge < -0.3 is 9.84 Å². The Hall–Kier alpha value is -2.88. The molecule has 0 fully saturated rings. The van der Waals surface area contributed by atoms with Gasteiger partial charge in [0.1, 0.15) is 0 Å². The number of anilines is 1. The topological polar surface area (TPSA) is 55.1 Å². The van der Waals surface area contributed by atoms with Gasteiger partial charge >= 0.3 is 0 Å². The zero-order valence-corrected chi connectivity index (χ0v) is 14.1. The van der Waals surface area contributed by atoms with Crippen LogP contribution >= 0.6 is 0 Å². The standard InChI is InChI=1S/C20H20N2O2/c1-4-15-6-9-17(10-7-15)21-20(23)18-12-19(24-22-18)16-8-5-13(2)14(3)11-16/h5-12H,4H2,1-3H3,(H,21,23). The number of aromatic nitrogens is 1. The highest BCUT2D eigenvalue weighted by atomic mass is 16.5. The Balaban J connectivity index is 1.76. The van der Waals surface area contributed by atoms with E-state index in [1.165, 1.54) is 16.7 Å². The summed E-state index contributed by atoms with van der Waals surface area (Å²) in [4.78, 5) is 12.3. The molecule has 1 aromatic heterocycles. The summed E-state index contributed by atoms with van der Waals surface area (Å²) >= 11 is 0. The maximum atomic E-state index is 12.3. The van der Waals surface area contributed by atoms with Crippen molar-refractivity contribution in [2.45, 2.75) is 27.2 Å². The molecule has 122 valence electrons. The van der Waals surface area contributed by atoms with Gasteiger partial charge in [-0.05, 0) is 55.2 Å². The Labute approximate surface area is 141 Å². The molecule has 4 nitrogen and oxygen atoms in total. The second kappa shape index (κ2) is 6.71. The van der Waals surface area contributed by atoms with Crippen molar-refractivity contribution in [1.82, 2.24) is 5.16 Å². The Morgan fingerprint density at radius 2 is 1.79 bits per heavy atom. The van der Waals surface area contributed by atoms with Gasteiger partial charge in [-0.3, -0.25) is 4.79 Å². The fourth-order valence-electron chi connectivity index (χ4n) is 2.43. The molecular weight excluding hydrogens is 300 g/mol. The van der Waals surface area contributed by atoms with Crippen LogP contribution in [-0.4, -0.2) is 11.1 Å². The number of rotatable bonds is 4. The van der Waals surface area contributed by atoms with Crippen molar-refractivity contribution in [3.8, 4) is 11.3 Å². The number of aryl methyl sites for hydroxylation is 3. The van der Waals surface area contributed by atoms with Gasteiger partial charge in [-0.15, -0.1) is 0 Å². The van der Waals surface area contributed by atoms with Crippen LogP contribution in [0.5, 0.6) is 0 Å². The van der Waals surface area contributed by atoms with E-state index in [0.717, 1.165) is 17.7 Å². The van der Waals surface area contributed by atoms with E-state index in [0.29, 0.717) is 5.76 Å². The van der Waals surface area contributed by atoms with E-state index in [2.05, 4.69) is 24.3 Å². The third kappa shape index (κ3) is 3.38. The normalized spacial score (nSPS) is 10.6. The van der Waals surface area contributed by atoms with Gasteiger partial charge in [0.2, 0.25) is 0 Å². The average Bonchev–Trinajstić information content (AvgIpc) is 3.08. The second-order valence-electron chi connectivity index (χ2n) is 5.88. The van der Waals surface area contributed by atoms with Crippen molar-refractivity contribution in [3.63, 3.8) is 0 Å². The molecule has 0 aliphatic carbocycles. The molecule has 1 amide bonds. The largest absolute Gasteiger partial charge is 0.355 e. The van der Waals surface area contributed by atoms with Gasteiger partial charge in [-0.1, -0.05) is 36.3 Å². The maximum Gasteiger partial charge on any atom is 0.277 e. The summed E-state index contributed by atoms with van der Waals surface area (Å²) in [7, 11) is 0. The lowest BCUT2D eigenvalue weighted by Crippen LogP contribution is -2.12. The molecule has 1 heterocycles. The van der Waals surface area contributed by atoms with Crippen LogP contribution in [0.15, 0.2) is 53.1 Å². The Kier molecular flexibility index (Phi) is 4.47. The van der Waals surface area contributed by atoms with Crippen molar-refractivity contribution < 1.29 is 9.32 Å². The maximum absolute atomic E-state index is 12.3. The minimum Gasteiger partial charge on any atom is -0.355 e. The Bertz CT molecular complexity index is 864. The van der Waals surface area contributed by atoms with Gasteiger partial charge in [0.25, 0.3) is 5.91 Å². The van der Waals surface area contributed by atoms with Crippen LogP contribution in [0.1, 0.15) is 34.1 Å². The highest BCUT2D eigenvalue weighted by Crippen LogP contribution is 2.23. The summed E-state index contributed by atoms with van der Waals surface area (Å²) in [5.74, 6) is 0.308. The zero-order chi connectivity index (χ0) is 17.1. The molecule has 0 spiro atoms. The fourth-order valence-corrected chi connectivity index (χ4v) is 2.43. The molecule has 0 aliphatic heterocycles. The summed E-state index contributed by atoms with van der Waals surface area (Å²) < 4.78 is 5.33. The Morgan fingerprint density at radius 3 is 2.46 bits per heavy atom. The minimum absolute atomic E-state index is 0.266. The Morgan fingerprint density at radius 1 is 1.04 bits per heavy atom. The van der Waals surface area contributed by atoms with Crippen LogP contribution in [0.2, 0.25) is 0 Å². The molecule has 2 aromatic carbocycles. The van der Waals surface area contributed by atoms with Gasteiger partial charge in [0.15, 0.2) is 11.5 Å². The molecule has 0 radical (unpaired) electrons. The van der Waals surface area contributed by atoms with E-state index in [1.807, 2.05) is 49.4 Å². The molecule has 1 N–H and O–H groups in total. The molecule has 4 heteroatoms. The molecule has 0 aliphatic rings. The van der Waals surface area contributed by atoms with E-state index in [4.69, 9.17) is 4.52 Å². The van der Waals surface area contributed by atoms with E-state index >= 15 is 0 Å². The number of carbonyl (C=O) groups is 1. The monoisotopic (exact) mass is 320 g/mol. The van der Waals surface area contributed by atoms with Crippen molar-refractivity contribution in [2.75, 3.05) is 5.32 Å². The summed E-state index contributed by atoms with van der Waals surface area (Å²) in [6.07, 6.45) is 0.969. The first-order valence-electron chi connectivity index (χ1n) is 8.01. The van der Waals surface area contributed by atoms with Crippen LogP contribution in [0.3, 0.4) is 0 Å². The van der Waals surface area contributed by atoms with Crippen molar-refractivity contribution >= 4 is 11.6 Å². The van der Waals surface area contributed by atoms with E-state index < -0.39 is 0 Å². The zero-order valence-electron chi connectivity index (χ0n) is 14.1. The second-order valence-corrected chi connectivity index (χ2v) is 5.88. The van der Waals surface area contributed by atoms with E-state index in [-0.39, 0.29) is 11.6 Å². The van der Waals surface area contributed by atoms with Gasteiger partial charge in [0.05, 0.1) is 0 Å². The van der Waals surface area contributed by atoms with Crippen molar-refractivity contribution in [1.29, 1.82) is 0 Å². The first kappa shape index (κ1) is 16.0. The van der Waals surface area contributed by atoms with E-state index in [1.54, 1.807) is 6.07 Å². The summed E-state index contributed by atoms with van der Waals surface area (Å²) in [6, 6.07) is 15.5. The number of hydrogen-bond donors (Lipinski definition) is 1. The number of nitrogens with zero attached hydrogens (tertiary/aromatic N) is 1. The summed E-state index contributed by atoms with van der Waals surface area (Å²) in [5.41, 5.74) is 5.54. The van der Waals surface area contributed by atoms with Gasteiger partial charge in [-0.25, -0.2) is 0 Å². The third-order valence-electron chi connectivity index (χ3n) is 4.15. The molecule has 3 aromatic rings. The number of carbonyl (C=O) groups excluding carboxylic acids is 1. The van der Waals surface area contributed by atoms with Crippen LogP contribution in [0.4, 0.5) is 5.69 Å². The summed E-state index contributed by atoms with van der Waals surface area (Å²) in [5, 5.41) is 6.72. The molecular formula is C20H20N2O2.